The number of nitrogens with one attached hydrogen (secondary N) is 1. The molecule has 1 N–H and O–H groups in total. The van der Waals surface area contributed by atoms with Crippen LogP contribution in [0.1, 0.15) is 26.3 Å². The van der Waals surface area contributed by atoms with Crippen LogP contribution in [0.2, 0.25) is 5.02 Å². The van der Waals surface area contributed by atoms with Crippen molar-refractivity contribution >= 4 is 27.3 Å². The summed E-state index contributed by atoms with van der Waals surface area (Å²) in [5, 5.41) is 0.316. The molecule has 0 aliphatic rings. The Labute approximate surface area is 193 Å². The van der Waals surface area contributed by atoms with Crippen molar-refractivity contribution in [2.75, 3.05) is 4.72 Å². The first-order chi connectivity index (χ1) is 15.1. The van der Waals surface area contributed by atoms with E-state index in [0.717, 1.165) is 11.1 Å². The molecule has 4 rings (SSSR count). The van der Waals surface area contributed by atoms with E-state index in [1.54, 1.807) is 35.2 Å². The molecule has 0 atom stereocenters. The molecule has 4 aromatic rings. The van der Waals surface area contributed by atoms with Crippen LogP contribution in [0.3, 0.4) is 0 Å². The minimum atomic E-state index is -3.87. The van der Waals surface area contributed by atoms with E-state index in [4.69, 9.17) is 11.6 Å². The Hall–Kier alpha value is -3.16. The molecule has 2 aromatic carbocycles. The molecular weight excluding hydrogens is 444 g/mol. The van der Waals surface area contributed by atoms with E-state index < -0.39 is 10.0 Å². The smallest absolute Gasteiger partial charge is 0.262 e. The zero-order valence-corrected chi connectivity index (χ0v) is 19.5. The molecule has 164 valence electrons. The third kappa shape index (κ3) is 4.54. The fraction of sp³-hybridized carbons (Fsp3) is 0.167. The molecule has 8 heteroatoms. The summed E-state index contributed by atoms with van der Waals surface area (Å²) >= 11 is 6.16. The van der Waals surface area contributed by atoms with Gasteiger partial charge < -0.3 is 0 Å². The van der Waals surface area contributed by atoms with Gasteiger partial charge in [-0.1, -0.05) is 74.8 Å². The minimum absolute atomic E-state index is 0.0744. The Morgan fingerprint density at radius 3 is 2.31 bits per heavy atom. The van der Waals surface area contributed by atoms with Crippen molar-refractivity contribution in [3.63, 3.8) is 0 Å². The van der Waals surface area contributed by atoms with Crippen molar-refractivity contribution in [2.24, 2.45) is 0 Å². The monoisotopic (exact) mass is 466 g/mol. The molecule has 0 bridgehead atoms. The fourth-order valence-electron chi connectivity index (χ4n) is 3.31. The predicted octanol–water partition coefficient (Wildman–Crippen LogP) is 5.69. The third-order valence-corrected chi connectivity index (χ3v) is 6.60. The van der Waals surface area contributed by atoms with E-state index in [1.165, 1.54) is 6.20 Å². The number of aromatic nitrogens is 3. The van der Waals surface area contributed by atoms with Gasteiger partial charge in [0.25, 0.3) is 10.0 Å². The molecule has 0 saturated carbocycles. The van der Waals surface area contributed by atoms with Crippen LogP contribution in [0.25, 0.3) is 17.2 Å². The van der Waals surface area contributed by atoms with Gasteiger partial charge in [0.2, 0.25) is 0 Å². The molecule has 2 aromatic heterocycles. The van der Waals surface area contributed by atoms with E-state index in [1.807, 2.05) is 42.5 Å². The number of halogens is 1. The van der Waals surface area contributed by atoms with Crippen molar-refractivity contribution in [3.05, 3.63) is 89.8 Å². The molecule has 2 heterocycles. The largest absolute Gasteiger partial charge is 0.282 e. The summed E-state index contributed by atoms with van der Waals surface area (Å²) in [6.07, 6.45) is 4.85. The van der Waals surface area contributed by atoms with Crippen molar-refractivity contribution < 1.29 is 8.42 Å². The van der Waals surface area contributed by atoms with Gasteiger partial charge in [0.05, 0.1) is 15.6 Å². The number of sulfonamides is 1. The van der Waals surface area contributed by atoms with Crippen LogP contribution in [0.5, 0.6) is 0 Å². The highest BCUT2D eigenvalue weighted by molar-refractivity contribution is 7.92. The van der Waals surface area contributed by atoms with Gasteiger partial charge in [-0.2, -0.15) is 0 Å². The molecule has 0 spiro atoms. The van der Waals surface area contributed by atoms with Gasteiger partial charge in [-0.15, -0.1) is 0 Å². The quantitative estimate of drug-likeness (QED) is 0.410. The number of benzene rings is 2. The summed E-state index contributed by atoms with van der Waals surface area (Å²) in [6.45, 7) is 6.23. The summed E-state index contributed by atoms with van der Waals surface area (Å²) in [4.78, 5) is 8.98. The van der Waals surface area contributed by atoms with Crippen molar-refractivity contribution in [1.29, 1.82) is 0 Å². The Bertz CT molecular complexity index is 1340. The van der Waals surface area contributed by atoms with Crippen molar-refractivity contribution in [3.8, 4) is 17.2 Å². The van der Waals surface area contributed by atoms with Gasteiger partial charge in [-0.3, -0.25) is 9.29 Å². The average molecular weight is 467 g/mol. The second kappa shape index (κ2) is 8.41. The van der Waals surface area contributed by atoms with Crippen LogP contribution in [0.15, 0.2) is 84.1 Å². The number of anilines is 1. The van der Waals surface area contributed by atoms with Gasteiger partial charge in [0.15, 0.2) is 5.82 Å². The van der Waals surface area contributed by atoms with Crippen LogP contribution >= 0.6 is 11.6 Å². The van der Waals surface area contributed by atoms with Crippen LogP contribution in [0.4, 0.5) is 5.69 Å². The van der Waals surface area contributed by atoms with Crippen LogP contribution in [-0.4, -0.2) is 23.0 Å². The topological polar surface area (TPSA) is 76.9 Å². The molecule has 0 unspecified atom stereocenters. The highest BCUT2D eigenvalue weighted by Crippen LogP contribution is 2.29. The standard InChI is InChI=1S/C24H23ClN4O2S/c1-24(2,3)18-9-11-20(12-10-18)32(30,31)28-21-15-19(25)16-27-23(21)29-14-13-26-22(29)17-7-5-4-6-8-17/h4-16,28H,1-3H3. The Balaban J connectivity index is 1.74. The number of nitrogens with zero attached hydrogens (tertiary/aromatic N) is 3. The lowest BCUT2D eigenvalue weighted by Crippen LogP contribution is -2.16. The van der Waals surface area contributed by atoms with Gasteiger partial charge in [0.1, 0.15) is 5.82 Å². The number of pyridine rings is 1. The van der Waals surface area contributed by atoms with E-state index in [-0.39, 0.29) is 16.0 Å². The van der Waals surface area contributed by atoms with Gasteiger partial charge in [0, 0.05) is 24.2 Å². The zero-order chi connectivity index (χ0) is 22.9. The highest BCUT2D eigenvalue weighted by atomic mass is 35.5. The molecule has 0 radical (unpaired) electrons. The SMILES string of the molecule is CC(C)(C)c1ccc(S(=O)(=O)Nc2cc(Cl)cnc2-n2ccnc2-c2ccccc2)cc1. The Kier molecular flexibility index (Phi) is 5.79. The first-order valence-electron chi connectivity index (χ1n) is 10.0. The van der Waals surface area contributed by atoms with E-state index in [0.29, 0.717) is 16.7 Å². The maximum Gasteiger partial charge on any atom is 0.262 e. The lowest BCUT2D eigenvalue weighted by molar-refractivity contribution is 0.587. The normalized spacial score (nSPS) is 12.0. The fourth-order valence-corrected chi connectivity index (χ4v) is 4.52. The Morgan fingerprint density at radius 1 is 0.969 bits per heavy atom. The molecule has 0 amide bonds. The predicted molar refractivity (Wildman–Crippen MR) is 128 cm³/mol. The van der Waals surface area contributed by atoms with E-state index >= 15 is 0 Å². The first-order valence-corrected chi connectivity index (χ1v) is 11.9. The second-order valence-corrected chi connectivity index (χ2v) is 10.5. The molecule has 0 saturated heterocycles. The molecule has 6 nitrogen and oxygen atoms in total. The summed E-state index contributed by atoms with van der Waals surface area (Å²) in [7, 11) is -3.87. The second-order valence-electron chi connectivity index (χ2n) is 8.39. The maximum atomic E-state index is 13.1. The van der Waals surface area contributed by atoms with Crippen LogP contribution in [-0.2, 0) is 15.4 Å². The number of imidazole rings is 1. The summed E-state index contributed by atoms with van der Waals surface area (Å²) < 4.78 is 30.7. The molecule has 0 aliphatic carbocycles. The first kappa shape index (κ1) is 22.0. The molecule has 0 fully saturated rings. The van der Waals surface area contributed by atoms with Crippen LogP contribution in [0, 0.1) is 0 Å². The minimum Gasteiger partial charge on any atom is -0.282 e. The van der Waals surface area contributed by atoms with Crippen molar-refractivity contribution in [2.45, 2.75) is 31.1 Å². The lowest BCUT2D eigenvalue weighted by Gasteiger charge is -2.19. The number of hydrogen-bond donors (Lipinski definition) is 1. The molecular formula is C24H23ClN4O2S. The number of hydrogen-bond acceptors (Lipinski definition) is 4. The van der Waals surface area contributed by atoms with Crippen LogP contribution < -0.4 is 4.72 Å². The number of rotatable bonds is 5. The lowest BCUT2D eigenvalue weighted by atomic mass is 9.87. The van der Waals surface area contributed by atoms with Gasteiger partial charge in [-0.05, 0) is 29.2 Å². The summed E-state index contributed by atoms with van der Waals surface area (Å²) in [5.41, 5.74) is 2.11. The van der Waals surface area contributed by atoms with Gasteiger partial charge >= 0.3 is 0 Å². The third-order valence-electron chi connectivity index (χ3n) is 5.01. The average Bonchev–Trinajstić information content (AvgIpc) is 3.23. The highest BCUT2D eigenvalue weighted by Gasteiger charge is 2.21. The summed E-state index contributed by atoms with van der Waals surface area (Å²) in [5.74, 6) is 1.01. The van der Waals surface area contributed by atoms with E-state index in [2.05, 4.69) is 35.5 Å². The van der Waals surface area contributed by atoms with Crippen molar-refractivity contribution in [1.82, 2.24) is 14.5 Å². The molecule has 32 heavy (non-hydrogen) atoms. The van der Waals surface area contributed by atoms with Gasteiger partial charge in [-0.25, -0.2) is 18.4 Å². The van der Waals surface area contributed by atoms with E-state index in [9.17, 15) is 8.42 Å². The Morgan fingerprint density at radius 2 is 1.66 bits per heavy atom. The maximum absolute atomic E-state index is 13.1. The zero-order valence-electron chi connectivity index (χ0n) is 17.9. The summed E-state index contributed by atoms with van der Waals surface area (Å²) in [6, 6.07) is 18.0. The molecule has 0 aliphatic heterocycles.